The summed E-state index contributed by atoms with van der Waals surface area (Å²) in [6.45, 7) is 0. The van der Waals surface area contributed by atoms with Crippen LogP contribution in [0.5, 0.6) is 0 Å². The van der Waals surface area contributed by atoms with Gasteiger partial charge in [-0.25, -0.2) is 5.43 Å². The van der Waals surface area contributed by atoms with Gasteiger partial charge < -0.3 is 0 Å². The predicted molar refractivity (Wildman–Crippen MR) is 82.6 cm³/mol. The van der Waals surface area contributed by atoms with Gasteiger partial charge in [0.25, 0.3) is 0 Å². The Bertz CT molecular complexity index is 558. The number of aromatic nitrogens is 1. The minimum absolute atomic E-state index is 0.113. The second kappa shape index (κ2) is 8.12. The molecule has 5 heteroatoms. The first kappa shape index (κ1) is 14.3. The highest BCUT2D eigenvalue weighted by molar-refractivity contribution is 7.99. The summed E-state index contributed by atoms with van der Waals surface area (Å²) in [5.41, 5.74) is 4.41. The smallest absolute Gasteiger partial charge is 0.250 e. The zero-order chi connectivity index (χ0) is 14.0. The maximum Gasteiger partial charge on any atom is 0.250 e. The molecule has 0 atom stereocenters. The third-order valence-corrected chi connectivity index (χ3v) is 3.42. The van der Waals surface area contributed by atoms with Crippen molar-refractivity contribution >= 4 is 23.9 Å². The lowest BCUT2D eigenvalue weighted by atomic mass is 10.2. The van der Waals surface area contributed by atoms with E-state index >= 15 is 0 Å². The molecule has 0 unspecified atom stereocenters. The minimum Gasteiger partial charge on any atom is -0.272 e. The zero-order valence-electron chi connectivity index (χ0n) is 10.9. The number of hydrogen-bond donors (Lipinski definition) is 1. The topological polar surface area (TPSA) is 54.4 Å². The van der Waals surface area contributed by atoms with Crippen LogP contribution < -0.4 is 5.43 Å². The first-order chi connectivity index (χ1) is 9.84. The number of rotatable bonds is 6. The molecule has 1 aromatic heterocycles. The molecule has 0 saturated heterocycles. The summed E-state index contributed by atoms with van der Waals surface area (Å²) < 4.78 is 0. The van der Waals surface area contributed by atoms with Crippen molar-refractivity contribution in [2.75, 3.05) is 5.75 Å². The third kappa shape index (κ3) is 5.24. The number of carbonyl (C=O) groups excluding carboxylic acids is 1. The molecule has 1 aromatic carbocycles. The Labute approximate surface area is 122 Å². The minimum atomic E-state index is -0.113. The van der Waals surface area contributed by atoms with Crippen molar-refractivity contribution in [3.05, 3.63) is 66.0 Å². The maximum absolute atomic E-state index is 11.6. The van der Waals surface area contributed by atoms with Crippen molar-refractivity contribution in [2.24, 2.45) is 5.10 Å². The summed E-state index contributed by atoms with van der Waals surface area (Å²) in [4.78, 5) is 15.6. The summed E-state index contributed by atoms with van der Waals surface area (Å²) in [5.74, 6) is 1.09. The van der Waals surface area contributed by atoms with Crippen LogP contribution in [0.15, 0.2) is 59.8 Å². The lowest BCUT2D eigenvalue weighted by Crippen LogP contribution is -2.19. The van der Waals surface area contributed by atoms with Gasteiger partial charge in [-0.15, -0.1) is 11.8 Å². The fourth-order valence-corrected chi connectivity index (χ4v) is 2.27. The number of nitrogens with one attached hydrogen (secondary N) is 1. The highest BCUT2D eigenvalue weighted by atomic mass is 32.2. The van der Waals surface area contributed by atoms with E-state index in [4.69, 9.17) is 0 Å². The van der Waals surface area contributed by atoms with Crippen LogP contribution in [0.1, 0.15) is 11.3 Å². The predicted octanol–water partition coefficient (Wildman–Crippen LogP) is 2.47. The van der Waals surface area contributed by atoms with Crippen LogP contribution in [0, 0.1) is 0 Å². The molecule has 2 aromatic rings. The molecule has 0 aliphatic carbocycles. The number of benzene rings is 1. The SMILES string of the molecule is O=C(CSCc1ccccc1)N/N=C\c1ccccn1. The van der Waals surface area contributed by atoms with E-state index in [1.54, 1.807) is 18.0 Å². The van der Waals surface area contributed by atoms with Gasteiger partial charge in [0, 0.05) is 11.9 Å². The van der Waals surface area contributed by atoms with Gasteiger partial charge in [0.05, 0.1) is 17.7 Å². The van der Waals surface area contributed by atoms with Gasteiger partial charge in [-0.1, -0.05) is 36.4 Å². The van der Waals surface area contributed by atoms with Gasteiger partial charge in [-0.2, -0.15) is 5.10 Å². The van der Waals surface area contributed by atoms with Crippen LogP contribution in [0.4, 0.5) is 0 Å². The van der Waals surface area contributed by atoms with Crippen LogP contribution in [0.3, 0.4) is 0 Å². The average molecular weight is 285 g/mol. The Kier molecular flexibility index (Phi) is 5.79. The lowest BCUT2D eigenvalue weighted by molar-refractivity contribution is -0.118. The summed E-state index contributed by atoms with van der Waals surface area (Å²) >= 11 is 1.56. The van der Waals surface area contributed by atoms with Crippen LogP contribution >= 0.6 is 11.8 Å². The summed E-state index contributed by atoms with van der Waals surface area (Å²) in [6.07, 6.45) is 3.21. The maximum atomic E-state index is 11.6. The number of hydrazone groups is 1. The molecule has 0 radical (unpaired) electrons. The summed E-state index contributed by atoms with van der Waals surface area (Å²) in [6, 6.07) is 15.6. The average Bonchev–Trinajstić information content (AvgIpc) is 2.49. The summed E-state index contributed by atoms with van der Waals surface area (Å²) in [5, 5.41) is 3.87. The summed E-state index contributed by atoms with van der Waals surface area (Å²) in [7, 11) is 0. The zero-order valence-corrected chi connectivity index (χ0v) is 11.7. The molecule has 0 spiro atoms. The molecule has 1 heterocycles. The molecule has 102 valence electrons. The lowest BCUT2D eigenvalue weighted by Gasteiger charge is -2.01. The Balaban J connectivity index is 1.67. The van der Waals surface area contributed by atoms with E-state index in [0.717, 1.165) is 5.75 Å². The van der Waals surface area contributed by atoms with Gasteiger partial charge in [-0.05, 0) is 17.7 Å². The van der Waals surface area contributed by atoms with Crippen molar-refractivity contribution < 1.29 is 4.79 Å². The Morgan fingerprint density at radius 3 is 2.75 bits per heavy atom. The van der Waals surface area contributed by atoms with E-state index in [-0.39, 0.29) is 5.91 Å². The van der Waals surface area contributed by atoms with E-state index in [9.17, 15) is 4.79 Å². The molecule has 0 aliphatic heterocycles. The fourth-order valence-electron chi connectivity index (χ4n) is 1.49. The number of thioether (sulfide) groups is 1. The molecule has 0 fully saturated rings. The Morgan fingerprint density at radius 2 is 2.00 bits per heavy atom. The molecule has 1 N–H and O–H groups in total. The van der Waals surface area contributed by atoms with Gasteiger partial charge in [0.2, 0.25) is 5.91 Å². The van der Waals surface area contributed by atoms with Crippen LogP contribution in [-0.2, 0) is 10.5 Å². The third-order valence-electron chi connectivity index (χ3n) is 2.42. The van der Waals surface area contributed by atoms with E-state index < -0.39 is 0 Å². The number of pyridine rings is 1. The van der Waals surface area contributed by atoms with E-state index in [1.807, 2.05) is 48.5 Å². The van der Waals surface area contributed by atoms with E-state index in [2.05, 4.69) is 15.5 Å². The van der Waals surface area contributed by atoms with Crippen LogP contribution in [0.2, 0.25) is 0 Å². The standard InChI is InChI=1S/C15H15N3OS/c19-15(12-20-11-13-6-2-1-3-7-13)18-17-10-14-8-4-5-9-16-14/h1-10H,11-12H2,(H,18,19)/b17-10-. The number of hydrogen-bond acceptors (Lipinski definition) is 4. The van der Waals surface area contributed by atoms with Crippen molar-refractivity contribution in [3.63, 3.8) is 0 Å². The molecule has 4 nitrogen and oxygen atoms in total. The molecule has 0 saturated carbocycles. The normalized spacial score (nSPS) is 10.6. The first-order valence-corrected chi connectivity index (χ1v) is 7.34. The van der Waals surface area contributed by atoms with Crippen molar-refractivity contribution in [1.29, 1.82) is 0 Å². The van der Waals surface area contributed by atoms with E-state index in [0.29, 0.717) is 11.4 Å². The Morgan fingerprint density at radius 1 is 1.20 bits per heavy atom. The first-order valence-electron chi connectivity index (χ1n) is 6.19. The molecule has 2 rings (SSSR count). The van der Waals surface area contributed by atoms with Crippen molar-refractivity contribution in [2.45, 2.75) is 5.75 Å². The number of nitrogens with zero attached hydrogens (tertiary/aromatic N) is 2. The highest BCUT2D eigenvalue weighted by Gasteiger charge is 2.00. The molecule has 20 heavy (non-hydrogen) atoms. The molecule has 1 amide bonds. The quantitative estimate of drug-likeness (QED) is 0.655. The van der Waals surface area contributed by atoms with Gasteiger partial charge in [-0.3, -0.25) is 9.78 Å². The fraction of sp³-hybridized carbons (Fsp3) is 0.133. The van der Waals surface area contributed by atoms with E-state index in [1.165, 1.54) is 11.8 Å². The second-order valence-corrected chi connectivity index (χ2v) is 5.01. The van der Waals surface area contributed by atoms with Gasteiger partial charge in [0.15, 0.2) is 0 Å². The monoisotopic (exact) mass is 285 g/mol. The van der Waals surface area contributed by atoms with Crippen molar-refractivity contribution in [1.82, 2.24) is 10.4 Å². The highest BCUT2D eigenvalue weighted by Crippen LogP contribution is 2.10. The second-order valence-electron chi connectivity index (χ2n) is 4.03. The molecule has 0 aliphatic rings. The number of carbonyl (C=O) groups is 1. The molecular formula is C15H15N3OS. The molecular weight excluding hydrogens is 270 g/mol. The largest absolute Gasteiger partial charge is 0.272 e. The Hall–Kier alpha value is -2.14. The van der Waals surface area contributed by atoms with Crippen molar-refractivity contribution in [3.8, 4) is 0 Å². The van der Waals surface area contributed by atoms with Crippen LogP contribution in [-0.4, -0.2) is 22.9 Å². The number of amides is 1. The van der Waals surface area contributed by atoms with Gasteiger partial charge in [0.1, 0.15) is 0 Å². The van der Waals surface area contributed by atoms with Gasteiger partial charge >= 0.3 is 0 Å². The molecule has 0 bridgehead atoms. The van der Waals surface area contributed by atoms with Crippen LogP contribution in [0.25, 0.3) is 0 Å².